The SMILES string of the molecule is O=C([C@@H]1CCCN(S(=O)(=O)c2cccc3nonc23)C1)N1CCN(c2ccccc2Cl)CC1. The van der Waals surface area contributed by atoms with Crippen LogP contribution in [0, 0.1) is 5.92 Å². The van der Waals surface area contributed by atoms with E-state index in [4.69, 9.17) is 16.2 Å². The van der Waals surface area contributed by atoms with Gasteiger partial charge in [-0.05, 0) is 47.4 Å². The van der Waals surface area contributed by atoms with Crippen molar-refractivity contribution in [1.29, 1.82) is 0 Å². The van der Waals surface area contributed by atoms with E-state index >= 15 is 0 Å². The lowest BCUT2D eigenvalue weighted by molar-refractivity contribution is -0.137. The van der Waals surface area contributed by atoms with Gasteiger partial charge in [-0.15, -0.1) is 0 Å². The average molecular weight is 490 g/mol. The van der Waals surface area contributed by atoms with Crippen LogP contribution in [0.15, 0.2) is 52.0 Å². The van der Waals surface area contributed by atoms with E-state index in [1.165, 1.54) is 10.4 Å². The summed E-state index contributed by atoms with van der Waals surface area (Å²) in [6.45, 7) is 3.06. The summed E-state index contributed by atoms with van der Waals surface area (Å²) in [4.78, 5) is 17.3. The van der Waals surface area contributed by atoms with Gasteiger partial charge in [0.25, 0.3) is 0 Å². The molecule has 0 aliphatic carbocycles. The molecule has 0 radical (unpaired) electrons. The first kappa shape index (κ1) is 22.1. The number of halogens is 1. The standard InChI is InChI=1S/C22H24ClN5O4S/c23-17-6-1-2-8-19(17)26-11-13-27(14-12-26)22(29)16-5-4-10-28(15-16)33(30,31)20-9-3-7-18-21(20)25-32-24-18/h1-3,6-9,16H,4-5,10-15H2/t16-/m1/s1. The monoisotopic (exact) mass is 489 g/mol. The van der Waals surface area contributed by atoms with Crippen molar-refractivity contribution in [2.75, 3.05) is 44.2 Å². The van der Waals surface area contributed by atoms with Crippen LogP contribution in [0.1, 0.15) is 12.8 Å². The molecule has 1 aromatic heterocycles. The lowest BCUT2D eigenvalue weighted by atomic mass is 9.97. The second kappa shape index (κ2) is 8.92. The fourth-order valence-electron chi connectivity index (χ4n) is 4.63. The van der Waals surface area contributed by atoms with E-state index in [0.717, 1.165) is 5.69 Å². The minimum absolute atomic E-state index is 0.00928. The lowest BCUT2D eigenvalue weighted by Gasteiger charge is -2.39. The summed E-state index contributed by atoms with van der Waals surface area (Å²) in [5.74, 6) is -0.356. The lowest BCUT2D eigenvalue weighted by Crippen LogP contribution is -2.53. The average Bonchev–Trinajstić information content (AvgIpc) is 3.33. The Hall–Kier alpha value is -2.69. The number of para-hydroxylation sites is 1. The molecule has 1 atom stereocenters. The Balaban J connectivity index is 1.27. The Morgan fingerprint density at radius 1 is 1.00 bits per heavy atom. The topological polar surface area (TPSA) is 99.8 Å². The van der Waals surface area contributed by atoms with Crippen molar-refractivity contribution in [3.05, 3.63) is 47.5 Å². The van der Waals surface area contributed by atoms with Gasteiger partial charge in [0.1, 0.15) is 10.4 Å². The molecule has 33 heavy (non-hydrogen) atoms. The maximum Gasteiger partial charge on any atom is 0.245 e. The van der Waals surface area contributed by atoms with Gasteiger partial charge in [0.05, 0.1) is 16.6 Å². The van der Waals surface area contributed by atoms with E-state index in [0.29, 0.717) is 56.1 Å². The van der Waals surface area contributed by atoms with E-state index in [-0.39, 0.29) is 28.8 Å². The molecule has 2 saturated heterocycles. The Morgan fingerprint density at radius 2 is 1.79 bits per heavy atom. The summed E-state index contributed by atoms with van der Waals surface area (Å²) < 4.78 is 32.8. The molecule has 0 unspecified atom stereocenters. The molecule has 0 spiro atoms. The van der Waals surface area contributed by atoms with Crippen LogP contribution >= 0.6 is 11.6 Å². The van der Waals surface area contributed by atoms with Crippen LogP contribution in [0.2, 0.25) is 5.02 Å². The van der Waals surface area contributed by atoms with Crippen molar-refractivity contribution in [3.8, 4) is 0 Å². The molecule has 0 bridgehead atoms. The maximum atomic E-state index is 13.3. The molecule has 9 nitrogen and oxygen atoms in total. The number of anilines is 1. The zero-order valence-corrected chi connectivity index (χ0v) is 19.5. The number of amides is 1. The first-order chi connectivity index (χ1) is 15.9. The summed E-state index contributed by atoms with van der Waals surface area (Å²) in [5, 5.41) is 8.20. The van der Waals surface area contributed by atoms with Gasteiger partial charge < -0.3 is 9.80 Å². The Kier molecular flexibility index (Phi) is 5.98. The number of hydrogen-bond acceptors (Lipinski definition) is 7. The number of sulfonamides is 1. The van der Waals surface area contributed by atoms with E-state index in [9.17, 15) is 13.2 Å². The number of carbonyl (C=O) groups excluding carboxylic acids is 1. The second-order valence-corrected chi connectivity index (χ2v) is 10.7. The molecule has 3 aromatic rings. The smallest absolute Gasteiger partial charge is 0.245 e. The van der Waals surface area contributed by atoms with Gasteiger partial charge in [0, 0.05) is 39.3 Å². The van der Waals surface area contributed by atoms with Crippen molar-refractivity contribution in [2.45, 2.75) is 17.7 Å². The number of nitrogens with zero attached hydrogens (tertiary/aromatic N) is 5. The Morgan fingerprint density at radius 3 is 2.58 bits per heavy atom. The van der Waals surface area contributed by atoms with Crippen LogP contribution in [-0.2, 0) is 14.8 Å². The maximum absolute atomic E-state index is 13.3. The van der Waals surface area contributed by atoms with Gasteiger partial charge in [-0.1, -0.05) is 29.8 Å². The number of carbonyl (C=O) groups is 1. The Labute approximate surface area is 196 Å². The third-order valence-corrected chi connectivity index (χ3v) is 8.60. The summed E-state index contributed by atoms with van der Waals surface area (Å²) in [7, 11) is -3.83. The quantitative estimate of drug-likeness (QED) is 0.555. The van der Waals surface area contributed by atoms with Crippen LogP contribution in [-0.4, -0.2) is 73.1 Å². The van der Waals surface area contributed by atoms with E-state index in [2.05, 4.69) is 15.2 Å². The van der Waals surface area contributed by atoms with Gasteiger partial charge in [0.15, 0.2) is 5.52 Å². The summed E-state index contributed by atoms with van der Waals surface area (Å²) in [5.41, 5.74) is 1.57. The highest BCUT2D eigenvalue weighted by atomic mass is 35.5. The number of hydrogen-bond donors (Lipinski definition) is 0. The number of aromatic nitrogens is 2. The van der Waals surface area contributed by atoms with Crippen molar-refractivity contribution in [2.24, 2.45) is 5.92 Å². The first-order valence-corrected chi connectivity index (χ1v) is 12.8. The van der Waals surface area contributed by atoms with Gasteiger partial charge >= 0.3 is 0 Å². The first-order valence-electron chi connectivity index (χ1n) is 10.9. The molecule has 0 N–H and O–H groups in total. The van der Waals surface area contributed by atoms with Crippen molar-refractivity contribution in [3.63, 3.8) is 0 Å². The number of rotatable bonds is 4. The zero-order chi connectivity index (χ0) is 23.0. The van der Waals surface area contributed by atoms with Crippen LogP contribution in [0.5, 0.6) is 0 Å². The molecule has 3 heterocycles. The largest absolute Gasteiger partial charge is 0.367 e. The number of piperidine rings is 1. The van der Waals surface area contributed by atoms with Crippen LogP contribution in [0.4, 0.5) is 5.69 Å². The molecule has 5 rings (SSSR count). The van der Waals surface area contributed by atoms with Crippen LogP contribution in [0.3, 0.4) is 0 Å². The molecule has 2 aromatic carbocycles. The van der Waals surface area contributed by atoms with Crippen molar-refractivity contribution >= 4 is 44.3 Å². The summed E-state index contributed by atoms with van der Waals surface area (Å²) in [6, 6.07) is 12.5. The normalized spacial score (nSPS) is 20.3. The summed E-state index contributed by atoms with van der Waals surface area (Å²) >= 11 is 6.32. The second-order valence-electron chi connectivity index (χ2n) is 8.35. The van der Waals surface area contributed by atoms with Gasteiger partial charge in [-0.25, -0.2) is 13.0 Å². The predicted octanol–water partition coefficient (Wildman–Crippen LogP) is 2.63. The summed E-state index contributed by atoms with van der Waals surface area (Å²) in [6.07, 6.45) is 1.30. The number of fused-ring (bicyclic) bond motifs is 1. The van der Waals surface area contributed by atoms with Gasteiger partial charge in [0.2, 0.25) is 15.9 Å². The molecule has 2 fully saturated rings. The van der Waals surface area contributed by atoms with Gasteiger partial charge in [-0.3, -0.25) is 4.79 Å². The van der Waals surface area contributed by atoms with E-state index < -0.39 is 10.0 Å². The van der Waals surface area contributed by atoms with Crippen molar-refractivity contribution < 1.29 is 17.8 Å². The number of benzene rings is 2. The third kappa shape index (κ3) is 4.18. The highest BCUT2D eigenvalue weighted by Crippen LogP contribution is 2.30. The molecule has 174 valence electrons. The minimum atomic E-state index is -3.83. The third-order valence-electron chi connectivity index (χ3n) is 6.38. The van der Waals surface area contributed by atoms with Crippen molar-refractivity contribution in [1.82, 2.24) is 19.5 Å². The zero-order valence-electron chi connectivity index (χ0n) is 17.9. The highest BCUT2D eigenvalue weighted by Gasteiger charge is 2.37. The fraction of sp³-hybridized carbons (Fsp3) is 0.409. The predicted molar refractivity (Wildman–Crippen MR) is 124 cm³/mol. The molecule has 1 amide bonds. The molecule has 11 heteroatoms. The highest BCUT2D eigenvalue weighted by molar-refractivity contribution is 7.89. The van der Waals surface area contributed by atoms with E-state index in [1.807, 2.05) is 29.2 Å². The van der Waals surface area contributed by atoms with Gasteiger partial charge in [-0.2, -0.15) is 4.31 Å². The van der Waals surface area contributed by atoms with E-state index in [1.54, 1.807) is 12.1 Å². The number of piperazine rings is 1. The van der Waals surface area contributed by atoms with Crippen LogP contribution in [0.25, 0.3) is 11.0 Å². The van der Waals surface area contributed by atoms with Crippen LogP contribution < -0.4 is 4.90 Å². The molecular formula is C22H24ClN5O4S. The molecule has 2 aliphatic rings. The fourth-order valence-corrected chi connectivity index (χ4v) is 6.54. The minimum Gasteiger partial charge on any atom is -0.367 e. The molecule has 2 aliphatic heterocycles. The molecular weight excluding hydrogens is 466 g/mol. The Bertz CT molecular complexity index is 1270. The molecule has 0 saturated carbocycles.